The molecule has 0 atom stereocenters. The minimum absolute atomic E-state index is 0.915. The van der Waals surface area contributed by atoms with Gasteiger partial charge in [0.1, 0.15) is 0 Å². The highest BCUT2D eigenvalue weighted by Gasteiger charge is 2.26. The SMILES string of the molecule is CCN(CCNCCCN(C)C)C1CC1. The minimum Gasteiger partial charge on any atom is -0.315 e. The lowest BCUT2D eigenvalue weighted by Crippen LogP contribution is -2.34. The first-order chi connectivity index (χ1) is 7.24. The highest BCUT2D eigenvalue weighted by molar-refractivity contribution is 4.83. The van der Waals surface area contributed by atoms with Gasteiger partial charge < -0.3 is 10.2 Å². The van der Waals surface area contributed by atoms with Gasteiger partial charge in [0.2, 0.25) is 0 Å². The average molecular weight is 213 g/mol. The quantitative estimate of drug-likeness (QED) is 0.577. The van der Waals surface area contributed by atoms with Gasteiger partial charge in [-0.05, 0) is 53.0 Å². The molecule has 90 valence electrons. The number of nitrogens with one attached hydrogen (secondary N) is 1. The van der Waals surface area contributed by atoms with E-state index in [1.807, 2.05) is 0 Å². The van der Waals surface area contributed by atoms with E-state index in [4.69, 9.17) is 0 Å². The fraction of sp³-hybridized carbons (Fsp3) is 1.00. The van der Waals surface area contributed by atoms with Crippen LogP contribution in [0.3, 0.4) is 0 Å². The van der Waals surface area contributed by atoms with Crippen molar-refractivity contribution in [2.45, 2.75) is 32.2 Å². The van der Waals surface area contributed by atoms with Gasteiger partial charge in [-0.15, -0.1) is 0 Å². The monoisotopic (exact) mass is 213 g/mol. The Balaban J connectivity index is 1.87. The zero-order chi connectivity index (χ0) is 11.1. The maximum absolute atomic E-state index is 3.52. The first-order valence-electron chi connectivity index (χ1n) is 6.33. The Morgan fingerprint density at radius 1 is 1.13 bits per heavy atom. The van der Waals surface area contributed by atoms with E-state index in [0.29, 0.717) is 0 Å². The van der Waals surface area contributed by atoms with Crippen molar-refractivity contribution in [3.8, 4) is 0 Å². The maximum Gasteiger partial charge on any atom is 0.0110 e. The zero-order valence-electron chi connectivity index (χ0n) is 10.6. The second-order valence-corrected chi connectivity index (χ2v) is 4.77. The molecule has 0 amide bonds. The largest absolute Gasteiger partial charge is 0.315 e. The molecule has 0 spiro atoms. The van der Waals surface area contributed by atoms with Gasteiger partial charge in [0, 0.05) is 19.1 Å². The predicted octanol–water partition coefficient (Wildman–Crippen LogP) is 1.01. The van der Waals surface area contributed by atoms with Gasteiger partial charge in [0.05, 0.1) is 0 Å². The van der Waals surface area contributed by atoms with E-state index < -0.39 is 0 Å². The minimum atomic E-state index is 0.915. The van der Waals surface area contributed by atoms with Gasteiger partial charge in [0.25, 0.3) is 0 Å². The van der Waals surface area contributed by atoms with Crippen LogP contribution in [0.5, 0.6) is 0 Å². The molecule has 1 N–H and O–H groups in total. The molecule has 1 saturated carbocycles. The Bertz CT molecular complexity index is 155. The normalized spacial score (nSPS) is 16.6. The molecular formula is C12H27N3. The number of hydrogen-bond donors (Lipinski definition) is 1. The second-order valence-electron chi connectivity index (χ2n) is 4.77. The summed E-state index contributed by atoms with van der Waals surface area (Å²) < 4.78 is 0. The summed E-state index contributed by atoms with van der Waals surface area (Å²) in [5.41, 5.74) is 0. The fourth-order valence-corrected chi connectivity index (χ4v) is 1.91. The molecule has 1 aliphatic rings. The Labute approximate surface area is 94.8 Å². The number of likely N-dealkylation sites (N-methyl/N-ethyl adjacent to an activating group) is 1. The van der Waals surface area contributed by atoms with Gasteiger partial charge in [-0.3, -0.25) is 4.90 Å². The molecule has 0 saturated heterocycles. The molecule has 0 aromatic heterocycles. The summed E-state index contributed by atoms with van der Waals surface area (Å²) in [5, 5.41) is 3.52. The highest BCUT2D eigenvalue weighted by atomic mass is 15.2. The predicted molar refractivity (Wildman–Crippen MR) is 66.3 cm³/mol. The van der Waals surface area contributed by atoms with Crippen LogP contribution in [0.15, 0.2) is 0 Å². The highest BCUT2D eigenvalue weighted by Crippen LogP contribution is 2.25. The van der Waals surface area contributed by atoms with Crippen LogP contribution in [-0.2, 0) is 0 Å². The molecule has 0 aromatic carbocycles. The molecule has 3 heteroatoms. The van der Waals surface area contributed by atoms with Crippen molar-refractivity contribution in [2.24, 2.45) is 0 Å². The summed E-state index contributed by atoms with van der Waals surface area (Å²) in [7, 11) is 4.26. The second kappa shape index (κ2) is 7.20. The number of rotatable bonds is 9. The Morgan fingerprint density at radius 3 is 2.40 bits per heavy atom. The third-order valence-electron chi connectivity index (χ3n) is 3.00. The lowest BCUT2D eigenvalue weighted by atomic mass is 10.4. The van der Waals surface area contributed by atoms with Crippen molar-refractivity contribution < 1.29 is 0 Å². The van der Waals surface area contributed by atoms with Crippen LogP contribution in [0, 0.1) is 0 Å². The smallest absolute Gasteiger partial charge is 0.0110 e. The Kier molecular flexibility index (Phi) is 6.22. The van der Waals surface area contributed by atoms with Crippen molar-refractivity contribution in [3.63, 3.8) is 0 Å². The fourth-order valence-electron chi connectivity index (χ4n) is 1.91. The molecule has 1 rings (SSSR count). The summed E-state index contributed by atoms with van der Waals surface area (Å²) in [5.74, 6) is 0. The van der Waals surface area contributed by atoms with Crippen LogP contribution in [0.25, 0.3) is 0 Å². The van der Waals surface area contributed by atoms with Crippen LogP contribution >= 0.6 is 0 Å². The molecule has 0 aliphatic heterocycles. The van der Waals surface area contributed by atoms with Crippen LogP contribution < -0.4 is 5.32 Å². The van der Waals surface area contributed by atoms with Crippen molar-refractivity contribution in [1.82, 2.24) is 15.1 Å². The molecule has 15 heavy (non-hydrogen) atoms. The average Bonchev–Trinajstić information content (AvgIpc) is 3.00. The van der Waals surface area contributed by atoms with Gasteiger partial charge >= 0.3 is 0 Å². The third kappa shape index (κ3) is 6.13. The summed E-state index contributed by atoms with van der Waals surface area (Å²) in [4.78, 5) is 4.84. The van der Waals surface area contributed by atoms with E-state index in [1.165, 1.54) is 38.9 Å². The van der Waals surface area contributed by atoms with E-state index >= 15 is 0 Å². The van der Waals surface area contributed by atoms with Crippen molar-refractivity contribution >= 4 is 0 Å². The summed E-state index contributed by atoms with van der Waals surface area (Å²) in [6.07, 6.45) is 4.10. The number of hydrogen-bond acceptors (Lipinski definition) is 3. The summed E-state index contributed by atoms with van der Waals surface area (Å²) in [6, 6.07) is 0.915. The standard InChI is InChI=1S/C12H27N3/c1-4-15(12-6-7-12)11-9-13-8-5-10-14(2)3/h12-13H,4-11H2,1-3H3. The molecule has 0 aromatic rings. The summed E-state index contributed by atoms with van der Waals surface area (Å²) >= 11 is 0. The van der Waals surface area contributed by atoms with E-state index in [-0.39, 0.29) is 0 Å². The van der Waals surface area contributed by atoms with E-state index in [1.54, 1.807) is 0 Å². The Hall–Kier alpha value is -0.120. The molecule has 1 aliphatic carbocycles. The zero-order valence-corrected chi connectivity index (χ0v) is 10.6. The van der Waals surface area contributed by atoms with Crippen molar-refractivity contribution in [2.75, 3.05) is 46.8 Å². The molecular weight excluding hydrogens is 186 g/mol. The lowest BCUT2D eigenvalue weighted by molar-refractivity contribution is 0.276. The van der Waals surface area contributed by atoms with E-state index in [9.17, 15) is 0 Å². The lowest BCUT2D eigenvalue weighted by Gasteiger charge is -2.19. The van der Waals surface area contributed by atoms with Crippen LogP contribution in [0.2, 0.25) is 0 Å². The molecule has 1 fully saturated rings. The Morgan fingerprint density at radius 2 is 1.87 bits per heavy atom. The van der Waals surface area contributed by atoms with Gasteiger partial charge in [-0.1, -0.05) is 6.92 Å². The van der Waals surface area contributed by atoms with Crippen LogP contribution in [0.4, 0.5) is 0 Å². The van der Waals surface area contributed by atoms with Gasteiger partial charge in [-0.2, -0.15) is 0 Å². The van der Waals surface area contributed by atoms with Crippen LogP contribution in [0.1, 0.15) is 26.2 Å². The van der Waals surface area contributed by atoms with Crippen LogP contribution in [-0.4, -0.2) is 62.7 Å². The van der Waals surface area contributed by atoms with Gasteiger partial charge in [0.15, 0.2) is 0 Å². The topological polar surface area (TPSA) is 18.5 Å². The third-order valence-corrected chi connectivity index (χ3v) is 3.00. The van der Waals surface area contributed by atoms with E-state index in [2.05, 4.69) is 36.1 Å². The van der Waals surface area contributed by atoms with Gasteiger partial charge in [-0.25, -0.2) is 0 Å². The molecule has 0 heterocycles. The molecule has 0 radical (unpaired) electrons. The van der Waals surface area contributed by atoms with Crippen molar-refractivity contribution in [3.05, 3.63) is 0 Å². The van der Waals surface area contributed by atoms with Crippen molar-refractivity contribution in [1.29, 1.82) is 0 Å². The molecule has 3 nitrogen and oxygen atoms in total. The molecule has 0 unspecified atom stereocenters. The van der Waals surface area contributed by atoms with E-state index in [0.717, 1.165) is 19.1 Å². The first-order valence-corrected chi connectivity index (χ1v) is 6.33. The summed E-state index contributed by atoms with van der Waals surface area (Å²) in [6.45, 7) is 8.20. The first kappa shape index (κ1) is 12.9. The number of nitrogens with zero attached hydrogens (tertiary/aromatic N) is 2. The molecule has 0 bridgehead atoms. The maximum atomic E-state index is 3.52.